The lowest BCUT2D eigenvalue weighted by Crippen LogP contribution is -2.15. The number of hydrogen-bond donors (Lipinski definition) is 1. The van der Waals surface area contributed by atoms with Crippen molar-refractivity contribution in [2.24, 2.45) is 5.73 Å². The topological polar surface area (TPSA) is 43.1 Å². The van der Waals surface area contributed by atoms with E-state index >= 15 is 0 Å². The number of carbonyl (C=O) groups excluding carboxylic acids is 1. The van der Waals surface area contributed by atoms with Crippen LogP contribution in [0.5, 0.6) is 0 Å². The molecule has 0 radical (unpaired) electrons. The van der Waals surface area contributed by atoms with Gasteiger partial charge in [-0.05, 0) is 62.1 Å². The third-order valence-electron chi connectivity index (χ3n) is 3.87. The molecule has 30 heavy (non-hydrogen) atoms. The number of hydrogen-bond acceptors (Lipinski definition) is 2. The maximum absolute atomic E-state index is 12.3. The van der Waals surface area contributed by atoms with Gasteiger partial charge in [0.15, 0.2) is 5.78 Å². The quantitative estimate of drug-likeness (QED) is 0.446. The first-order valence-corrected chi connectivity index (χ1v) is 9.06. The number of ketones is 1. The molecule has 0 aromatic heterocycles. The minimum Gasteiger partial charge on any atom is -0.328 e. The summed E-state index contributed by atoms with van der Waals surface area (Å²) in [7, 11) is 0. The van der Waals surface area contributed by atoms with Gasteiger partial charge in [-0.2, -0.15) is 26.3 Å². The van der Waals surface area contributed by atoms with E-state index in [0.717, 1.165) is 18.2 Å². The van der Waals surface area contributed by atoms with Crippen LogP contribution in [0, 0.1) is 0 Å². The van der Waals surface area contributed by atoms with Gasteiger partial charge < -0.3 is 5.73 Å². The molecule has 0 aliphatic carbocycles. The molecular weight excluding hydrogens is 408 g/mol. The third kappa shape index (κ3) is 9.73. The number of halogens is 6. The van der Waals surface area contributed by atoms with Crippen molar-refractivity contribution in [3.63, 3.8) is 0 Å². The van der Waals surface area contributed by atoms with Crippen molar-refractivity contribution in [1.29, 1.82) is 0 Å². The van der Waals surface area contributed by atoms with E-state index in [1.54, 1.807) is 6.07 Å². The SMILES string of the molecule is CC(=O)/C=C/c1cccc(C(F)(F)F)c1.CC(N)CCc1cccc(C(F)(F)F)c1. The maximum Gasteiger partial charge on any atom is 0.416 e. The van der Waals surface area contributed by atoms with E-state index in [4.69, 9.17) is 5.73 Å². The Kier molecular flexibility index (Phi) is 9.29. The summed E-state index contributed by atoms with van der Waals surface area (Å²) in [5.41, 5.74) is 5.28. The van der Waals surface area contributed by atoms with Gasteiger partial charge in [-0.15, -0.1) is 0 Å². The van der Waals surface area contributed by atoms with Gasteiger partial charge in [0.05, 0.1) is 11.1 Å². The molecule has 8 heteroatoms. The minimum atomic E-state index is -4.35. The minimum absolute atomic E-state index is 0.0135. The summed E-state index contributed by atoms with van der Waals surface area (Å²) < 4.78 is 73.9. The van der Waals surface area contributed by atoms with Gasteiger partial charge in [-0.25, -0.2) is 0 Å². The predicted octanol–water partition coefficient (Wildman–Crippen LogP) is 6.29. The zero-order valence-corrected chi connectivity index (χ0v) is 16.5. The maximum atomic E-state index is 12.3. The van der Waals surface area contributed by atoms with Crippen LogP contribution in [0.1, 0.15) is 42.5 Å². The number of benzene rings is 2. The summed E-state index contributed by atoms with van der Waals surface area (Å²) in [6.45, 7) is 3.18. The lowest BCUT2D eigenvalue weighted by Gasteiger charge is -2.09. The third-order valence-corrected chi connectivity index (χ3v) is 3.87. The van der Waals surface area contributed by atoms with Crippen molar-refractivity contribution in [2.45, 2.75) is 45.1 Å². The lowest BCUT2D eigenvalue weighted by molar-refractivity contribution is -0.138. The van der Waals surface area contributed by atoms with Crippen LogP contribution in [0.15, 0.2) is 54.6 Å². The van der Waals surface area contributed by atoms with Crippen LogP contribution in [0.3, 0.4) is 0 Å². The van der Waals surface area contributed by atoms with E-state index in [1.807, 2.05) is 6.92 Å². The molecule has 0 saturated heterocycles. The molecule has 0 aliphatic rings. The fraction of sp³-hybridized carbons (Fsp3) is 0.318. The second kappa shape index (κ2) is 11.0. The average molecular weight is 431 g/mol. The number of rotatable bonds is 5. The van der Waals surface area contributed by atoms with Crippen molar-refractivity contribution < 1.29 is 31.1 Å². The molecule has 2 aromatic rings. The van der Waals surface area contributed by atoms with E-state index < -0.39 is 23.5 Å². The Morgan fingerprint density at radius 1 is 0.967 bits per heavy atom. The van der Waals surface area contributed by atoms with Gasteiger partial charge in [-0.1, -0.05) is 36.4 Å². The molecule has 0 amide bonds. The standard InChI is InChI=1S/C11H14F3N.C11H9F3O/c2*1-8(15)5-6-9-3-2-4-10(7-9)11(12,13)14/h2-4,7-8H,5-6,15H2,1H3;2-7H,1H3/b;6-5+. The zero-order valence-electron chi connectivity index (χ0n) is 16.5. The van der Waals surface area contributed by atoms with Crippen molar-refractivity contribution in [3.8, 4) is 0 Å². The highest BCUT2D eigenvalue weighted by atomic mass is 19.4. The summed E-state index contributed by atoms with van der Waals surface area (Å²) >= 11 is 0. The van der Waals surface area contributed by atoms with Gasteiger partial charge in [0.2, 0.25) is 0 Å². The molecule has 0 aliphatic heterocycles. The number of aryl methyl sites for hydroxylation is 1. The van der Waals surface area contributed by atoms with Gasteiger partial charge in [-0.3, -0.25) is 4.79 Å². The summed E-state index contributed by atoms with van der Waals surface area (Å²) in [4.78, 5) is 10.6. The zero-order chi connectivity index (χ0) is 22.9. The molecule has 1 atom stereocenters. The average Bonchev–Trinajstić information content (AvgIpc) is 2.64. The molecule has 0 fully saturated rings. The van der Waals surface area contributed by atoms with Crippen LogP contribution in [0.25, 0.3) is 6.08 Å². The normalized spacial score (nSPS) is 13.0. The van der Waals surface area contributed by atoms with Crippen molar-refractivity contribution in [2.75, 3.05) is 0 Å². The number of allylic oxidation sites excluding steroid dienone is 1. The first-order chi connectivity index (χ1) is 13.8. The highest BCUT2D eigenvalue weighted by Gasteiger charge is 2.30. The molecular formula is C22H23F6NO. The molecule has 164 valence electrons. The summed E-state index contributed by atoms with van der Waals surface area (Å²) in [6.07, 6.45) is -4.74. The second-order valence-corrected chi connectivity index (χ2v) is 6.78. The lowest BCUT2D eigenvalue weighted by atomic mass is 10.0. The summed E-state index contributed by atoms with van der Waals surface area (Å²) in [5.74, 6) is -0.201. The van der Waals surface area contributed by atoms with Crippen LogP contribution in [-0.2, 0) is 23.6 Å². The Hall–Kier alpha value is -2.61. The van der Waals surface area contributed by atoms with Crippen LogP contribution in [0.2, 0.25) is 0 Å². The van der Waals surface area contributed by atoms with E-state index in [2.05, 4.69) is 0 Å². The van der Waals surface area contributed by atoms with Crippen LogP contribution >= 0.6 is 0 Å². The molecule has 0 heterocycles. The number of nitrogens with two attached hydrogens (primary N) is 1. The van der Waals surface area contributed by atoms with Crippen molar-refractivity contribution in [3.05, 3.63) is 76.9 Å². The summed E-state index contributed by atoms with van der Waals surface area (Å²) in [6, 6.07) is 10.2. The Balaban J connectivity index is 0.000000300. The van der Waals surface area contributed by atoms with Gasteiger partial charge in [0.25, 0.3) is 0 Å². The van der Waals surface area contributed by atoms with Crippen LogP contribution in [-0.4, -0.2) is 11.8 Å². The Morgan fingerprint density at radius 2 is 1.50 bits per heavy atom. The Bertz CT molecular complexity index is 853. The molecule has 1 unspecified atom stereocenters. The van der Waals surface area contributed by atoms with E-state index in [1.165, 1.54) is 43.3 Å². The molecule has 2 nitrogen and oxygen atoms in total. The number of alkyl halides is 6. The smallest absolute Gasteiger partial charge is 0.328 e. The molecule has 0 saturated carbocycles. The van der Waals surface area contributed by atoms with Gasteiger partial charge >= 0.3 is 12.4 Å². The highest BCUT2D eigenvalue weighted by molar-refractivity contribution is 5.91. The Morgan fingerprint density at radius 3 is 2.00 bits per heavy atom. The van der Waals surface area contributed by atoms with E-state index in [9.17, 15) is 31.1 Å². The van der Waals surface area contributed by atoms with Gasteiger partial charge in [0, 0.05) is 6.04 Å². The predicted molar refractivity (Wildman–Crippen MR) is 105 cm³/mol. The Labute approximate surface area is 171 Å². The van der Waals surface area contributed by atoms with Crippen LogP contribution in [0.4, 0.5) is 26.3 Å². The molecule has 0 spiro atoms. The first-order valence-electron chi connectivity index (χ1n) is 9.06. The fourth-order valence-corrected chi connectivity index (χ4v) is 2.33. The molecule has 2 aromatic carbocycles. The first kappa shape index (κ1) is 25.4. The van der Waals surface area contributed by atoms with E-state index in [-0.39, 0.29) is 11.8 Å². The second-order valence-electron chi connectivity index (χ2n) is 6.78. The number of carbonyl (C=O) groups is 1. The van der Waals surface area contributed by atoms with Crippen LogP contribution < -0.4 is 5.73 Å². The largest absolute Gasteiger partial charge is 0.416 e. The molecule has 2 N–H and O–H groups in total. The van der Waals surface area contributed by atoms with E-state index in [0.29, 0.717) is 24.0 Å². The van der Waals surface area contributed by atoms with Gasteiger partial charge in [0.1, 0.15) is 0 Å². The summed E-state index contributed by atoms with van der Waals surface area (Å²) in [5, 5.41) is 0. The fourth-order valence-electron chi connectivity index (χ4n) is 2.33. The molecule has 0 bridgehead atoms. The monoisotopic (exact) mass is 431 g/mol. The highest BCUT2D eigenvalue weighted by Crippen LogP contribution is 2.30. The van der Waals surface area contributed by atoms with Crippen molar-refractivity contribution in [1.82, 2.24) is 0 Å². The van der Waals surface area contributed by atoms with Crippen molar-refractivity contribution >= 4 is 11.9 Å². The molecule has 2 rings (SSSR count).